The van der Waals surface area contributed by atoms with Gasteiger partial charge in [0.15, 0.2) is 5.78 Å². The number of hydrogen-bond donors (Lipinski definition) is 3. The van der Waals surface area contributed by atoms with Crippen molar-refractivity contribution in [3.8, 4) is 0 Å². The second-order valence-corrected chi connectivity index (χ2v) is 6.86. The summed E-state index contributed by atoms with van der Waals surface area (Å²) in [4.78, 5) is 35.2. The van der Waals surface area contributed by atoms with E-state index < -0.39 is 30.4 Å². The van der Waals surface area contributed by atoms with Crippen molar-refractivity contribution < 1.29 is 19.5 Å². The second kappa shape index (κ2) is 10.1. The summed E-state index contributed by atoms with van der Waals surface area (Å²) in [6.45, 7) is 3.57. The molecule has 0 radical (unpaired) electrons. The van der Waals surface area contributed by atoms with Crippen molar-refractivity contribution in [1.29, 1.82) is 0 Å². The van der Waals surface area contributed by atoms with Crippen LogP contribution in [0.15, 0.2) is 30.3 Å². The van der Waals surface area contributed by atoms with E-state index in [2.05, 4.69) is 5.32 Å². The van der Waals surface area contributed by atoms with Gasteiger partial charge in [-0.05, 0) is 11.5 Å². The van der Waals surface area contributed by atoms with Crippen molar-refractivity contribution in [3.05, 3.63) is 35.9 Å². The molecule has 2 atom stereocenters. The van der Waals surface area contributed by atoms with Gasteiger partial charge >= 0.3 is 5.97 Å². The fraction of sp³-hybridized carbons (Fsp3) is 0.471. The molecule has 4 N–H and O–H groups in total. The zero-order chi connectivity index (χ0) is 18.1. The van der Waals surface area contributed by atoms with E-state index >= 15 is 0 Å². The summed E-state index contributed by atoms with van der Waals surface area (Å²) < 4.78 is 0. The fourth-order valence-electron chi connectivity index (χ4n) is 1.93. The number of Topliss-reactive ketones (excluding diaryl/α,β-unsaturated/α-hetero) is 1. The van der Waals surface area contributed by atoms with Gasteiger partial charge in [0, 0.05) is 5.75 Å². The van der Waals surface area contributed by atoms with Gasteiger partial charge in [0.2, 0.25) is 5.91 Å². The third-order valence-electron chi connectivity index (χ3n) is 3.46. The van der Waals surface area contributed by atoms with Crippen LogP contribution in [0.3, 0.4) is 0 Å². The molecule has 0 spiro atoms. The Morgan fingerprint density at radius 2 is 1.83 bits per heavy atom. The summed E-state index contributed by atoms with van der Waals surface area (Å²) in [6.07, 6.45) is -0.443. The molecule has 0 saturated carbocycles. The molecule has 6 nitrogen and oxygen atoms in total. The van der Waals surface area contributed by atoms with Crippen molar-refractivity contribution in [2.75, 3.05) is 5.75 Å². The van der Waals surface area contributed by atoms with Crippen LogP contribution < -0.4 is 11.1 Å². The number of nitrogens with one attached hydrogen (secondary N) is 1. The number of amides is 1. The Balaban J connectivity index is 2.57. The normalized spacial score (nSPS) is 13.3. The molecule has 1 amide bonds. The number of ketones is 1. The standard InChI is InChI=1S/C17H24N2O4S/c1-11(2)16(18)17(23)19-13(8-15(21)22)14(20)10-24-9-12-6-4-3-5-7-12/h3-7,11,13,16H,8-10,18H2,1-2H3,(H,19,23)(H,21,22)/t13?,16-/m0/s1. The molecule has 0 saturated heterocycles. The number of carboxylic acids is 1. The molecule has 0 fully saturated rings. The molecule has 0 aliphatic carbocycles. The van der Waals surface area contributed by atoms with Gasteiger partial charge in [-0.15, -0.1) is 11.8 Å². The van der Waals surface area contributed by atoms with E-state index in [1.807, 2.05) is 30.3 Å². The monoisotopic (exact) mass is 352 g/mol. The minimum Gasteiger partial charge on any atom is -0.481 e. The molecule has 0 aliphatic rings. The Morgan fingerprint density at radius 1 is 1.21 bits per heavy atom. The summed E-state index contributed by atoms with van der Waals surface area (Å²) in [6, 6.07) is 7.83. The molecule has 1 aromatic carbocycles. The number of carboxylic acid groups (broad SMARTS) is 1. The number of rotatable bonds is 10. The van der Waals surface area contributed by atoms with Crippen LogP contribution in [0.1, 0.15) is 25.8 Å². The van der Waals surface area contributed by atoms with Crippen molar-refractivity contribution >= 4 is 29.4 Å². The van der Waals surface area contributed by atoms with Crippen molar-refractivity contribution in [2.45, 2.75) is 38.1 Å². The number of aliphatic carboxylic acids is 1. The van der Waals surface area contributed by atoms with Gasteiger partial charge in [-0.1, -0.05) is 44.2 Å². The first-order valence-electron chi connectivity index (χ1n) is 7.73. The van der Waals surface area contributed by atoms with Crippen LogP contribution in [0.4, 0.5) is 0 Å². The lowest BCUT2D eigenvalue weighted by molar-refractivity contribution is -0.140. The largest absolute Gasteiger partial charge is 0.481 e. The van der Waals surface area contributed by atoms with Gasteiger partial charge in [-0.25, -0.2) is 0 Å². The third-order valence-corrected chi connectivity index (χ3v) is 4.49. The van der Waals surface area contributed by atoms with Crippen molar-refractivity contribution in [3.63, 3.8) is 0 Å². The minimum absolute atomic E-state index is 0.0990. The number of hydrogen-bond acceptors (Lipinski definition) is 5. The maximum absolute atomic E-state index is 12.3. The topological polar surface area (TPSA) is 109 Å². The van der Waals surface area contributed by atoms with Crippen molar-refractivity contribution in [1.82, 2.24) is 5.32 Å². The predicted octanol–water partition coefficient (Wildman–Crippen LogP) is 1.43. The average Bonchev–Trinajstić information content (AvgIpc) is 2.53. The van der Waals surface area contributed by atoms with E-state index in [1.165, 1.54) is 11.8 Å². The minimum atomic E-state index is -1.14. The second-order valence-electron chi connectivity index (χ2n) is 5.87. The van der Waals surface area contributed by atoms with Gasteiger partial charge in [0.05, 0.1) is 24.3 Å². The maximum Gasteiger partial charge on any atom is 0.305 e. The average molecular weight is 352 g/mol. The predicted molar refractivity (Wildman–Crippen MR) is 94.6 cm³/mol. The first-order chi connectivity index (χ1) is 11.3. The quantitative estimate of drug-likeness (QED) is 0.588. The van der Waals surface area contributed by atoms with Crippen LogP contribution >= 0.6 is 11.8 Å². The lowest BCUT2D eigenvalue weighted by atomic mass is 10.0. The van der Waals surface area contributed by atoms with Gasteiger partial charge in [0.1, 0.15) is 0 Å². The lowest BCUT2D eigenvalue weighted by Gasteiger charge is -2.20. The molecular formula is C17H24N2O4S. The van der Waals surface area contributed by atoms with Gasteiger partial charge < -0.3 is 16.2 Å². The van der Waals surface area contributed by atoms with Crippen LogP contribution in [0.25, 0.3) is 0 Å². The fourth-order valence-corrected chi connectivity index (χ4v) is 2.87. The number of benzene rings is 1. The number of carbonyl (C=O) groups is 3. The maximum atomic E-state index is 12.3. The van der Waals surface area contributed by atoms with Crippen LogP contribution in [-0.2, 0) is 20.1 Å². The van der Waals surface area contributed by atoms with E-state index in [-0.39, 0.29) is 17.5 Å². The molecule has 0 aliphatic heterocycles. The summed E-state index contributed by atoms with van der Waals surface area (Å²) >= 11 is 1.39. The Hall–Kier alpha value is -1.86. The molecule has 0 bridgehead atoms. The number of carbonyl (C=O) groups excluding carboxylic acids is 2. The molecule has 1 unspecified atom stereocenters. The Kier molecular flexibility index (Phi) is 8.49. The molecular weight excluding hydrogens is 328 g/mol. The third kappa shape index (κ3) is 7.14. The molecule has 0 heterocycles. The highest BCUT2D eigenvalue weighted by Crippen LogP contribution is 2.13. The van der Waals surface area contributed by atoms with E-state index in [4.69, 9.17) is 10.8 Å². The molecule has 0 aromatic heterocycles. The summed E-state index contributed by atoms with van der Waals surface area (Å²) in [5, 5.41) is 11.4. The van der Waals surface area contributed by atoms with Crippen LogP contribution in [-0.4, -0.2) is 40.6 Å². The zero-order valence-electron chi connectivity index (χ0n) is 13.9. The molecule has 132 valence electrons. The van der Waals surface area contributed by atoms with Crippen molar-refractivity contribution in [2.24, 2.45) is 11.7 Å². The summed E-state index contributed by atoms with van der Waals surface area (Å²) in [5.41, 5.74) is 6.82. The number of nitrogens with two attached hydrogens (primary N) is 1. The van der Waals surface area contributed by atoms with Crippen LogP contribution in [0.2, 0.25) is 0 Å². The Bertz CT molecular complexity index is 563. The Morgan fingerprint density at radius 3 is 2.38 bits per heavy atom. The summed E-state index contributed by atoms with van der Waals surface area (Å²) in [7, 11) is 0. The summed E-state index contributed by atoms with van der Waals surface area (Å²) in [5.74, 6) is -1.28. The van der Waals surface area contributed by atoms with Crippen LogP contribution in [0.5, 0.6) is 0 Å². The highest BCUT2D eigenvalue weighted by molar-refractivity contribution is 7.99. The van der Waals surface area contributed by atoms with Gasteiger partial charge in [0.25, 0.3) is 0 Å². The highest BCUT2D eigenvalue weighted by atomic mass is 32.2. The molecule has 24 heavy (non-hydrogen) atoms. The first-order valence-corrected chi connectivity index (χ1v) is 8.89. The smallest absolute Gasteiger partial charge is 0.305 e. The molecule has 1 rings (SSSR count). The van der Waals surface area contributed by atoms with Gasteiger partial charge in [-0.3, -0.25) is 14.4 Å². The lowest BCUT2D eigenvalue weighted by Crippen LogP contribution is -2.51. The SMILES string of the molecule is CC(C)[C@H](N)C(=O)NC(CC(=O)O)C(=O)CSCc1ccccc1. The van der Waals surface area contributed by atoms with E-state index in [0.29, 0.717) is 5.75 Å². The van der Waals surface area contributed by atoms with E-state index in [1.54, 1.807) is 13.8 Å². The molecule has 7 heteroatoms. The van der Waals surface area contributed by atoms with E-state index in [9.17, 15) is 14.4 Å². The first kappa shape index (κ1) is 20.2. The van der Waals surface area contributed by atoms with Crippen LogP contribution in [0, 0.1) is 5.92 Å². The van der Waals surface area contributed by atoms with Gasteiger partial charge in [-0.2, -0.15) is 0 Å². The van der Waals surface area contributed by atoms with E-state index in [0.717, 1.165) is 5.56 Å². The highest BCUT2D eigenvalue weighted by Gasteiger charge is 2.26. The number of thioether (sulfide) groups is 1. The zero-order valence-corrected chi connectivity index (χ0v) is 14.7. The Labute approximate surface area is 146 Å². The molecule has 1 aromatic rings.